The van der Waals surface area contributed by atoms with Crippen LogP contribution in [0.3, 0.4) is 0 Å². The van der Waals surface area contributed by atoms with Crippen molar-refractivity contribution in [2.24, 2.45) is 0 Å². The van der Waals surface area contributed by atoms with E-state index in [1.54, 1.807) is 0 Å². The standard InChI is InChI=1S/C18H27NO2/c1-18(2,19-12-4-3-5-13-19)17(20)14-6-8-15(9-7-14)21-16-10-11-16/h6-9,16-17,20H,3-5,10-13H2,1-2H3. The minimum absolute atomic E-state index is 0.223. The van der Waals surface area contributed by atoms with E-state index in [4.69, 9.17) is 4.74 Å². The Labute approximate surface area is 127 Å². The van der Waals surface area contributed by atoms with Crippen LogP contribution >= 0.6 is 0 Å². The summed E-state index contributed by atoms with van der Waals surface area (Å²) < 4.78 is 5.77. The second-order valence-corrected chi connectivity index (χ2v) is 6.99. The van der Waals surface area contributed by atoms with Gasteiger partial charge in [-0.3, -0.25) is 4.90 Å². The molecular formula is C18H27NO2. The van der Waals surface area contributed by atoms with Crippen molar-refractivity contribution in [3.05, 3.63) is 29.8 Å². The van der Waals surface area contributed by atoms with Gasteiger partial charge in [-0.15, -0.1) is 0 Å². The lowest BCUT2D eigenvalue weighted by Gasteiger charge is -2.44. The molecule has 3 nitrogen and oxygen atoms in total. The Morgan fingerprint density at radius 3 is 2.29 bits per heavy atom. The van der Waals surface area contributed by atoms with E-state index in [1.165, 1.54) is 32.1 Å². The molecule has 1 aliphatic heterocycles. The first-order valence-corrected chi connectivity index (χ1v) is 8.27. The SMILES string of the molecule is CC(C)(C(O)c1ccc(OC2CC2)cc1)N1CCCCC1. The number of aliphatic hydroxyl groups is 1. The lowest BCUT2D eigenvalue weighted by atomic mass is 9.88. The third-order valence-corrected chi connectivity index (χ3v) is 4.86. The van der Waals surface area contributed by atoms with Crippen molar-refractivity contribution in [1.29, 1.82) is 0 Å². The molecule has 21 heavy (non-hydrogen) atoms. The monoisotopic (exact) mass is 289 g/mol. The zero-order valence-corrected chi connectivity index (χ0v) is 13.2. The van der Waals surface area contributed by atoms with Crippen molar-refractivity contribution in [3.63, 3.8) is 0 Å². The minimum atomic E-state index is -0.467. The molecular weight excluding hydrogens is 262 g/mol. The van der Waals surface area contributed by atoms with Crippen LogP contribution in [0.4, 0.5) is 0 Å². The van der Waals surface area contributed by atoms with Gasteiger partial charge in [0.05, 0.1) is 12.2 Å². The predicted octanol–water partition coefficient (Wildman–Crippen LogP) is 3.53. The van der Waals surface area contributed by atoms with Gasteiger partial charge >= 0.3 is 0 Å². The Hall–Kier alpha value is -1.06. The number of nitrogens with zero attached hydrogens (tertiary/aromatic N) is 1. The molecule has 1 aromatic rings. The van der Waals surface area contributed by atoms with E-state index in [1.807, 2.05) is 24.3 Å². The average Bonchev–Trinajstić information content (AvgIpc) is 3.32. The number of aliphatic hydroxyl groups excluding tert-OH is 1. The van der Waals surface area contributed by atoms with Gasteiger partial charge < -0.3 is 9.84 Å². The third kappa shape index (κ3) is 3.41. The molecule has 1 heterocycles. The molecule has 0 radical (unpaired) electrons. The summed E-state index contributed by atoms with van der Waals surface area (Å²) in [5.41, 5.74) is 0.757. The highest BCUT2D eigenvalue weighted by molar-refractivity contribution is 5.30. The first-order chi connectivity index (χ1) is 10.1. The fourth-order valence-corrected chi connectivity index (χ4v) is 3.16. The number of hydrogen-bond acceptors (Lipinski definition) is 3. The van der Waals surface area contributed by atoms with Gasteiger partial charge in [-0.1, -0.05) is 18.6 Å². The molecule has 3 rings (SSSR count). The average molecular weight is 289 g/mol. The molecule has 1 aliphatic carbocycles. The number of likely N-dealkylation sites (tertiary alicyclic amines) is 1. The molecule has 1 N–H and O–H groups in total. The van der Waals surface area contributed by atoms with Crippen molar-refractivity contribution < 1.29 is 9.84 Å². The fraction of sp³-hybridized carbons (Fsp3) is 0.667. The molecule has 1 unspecified atom stereocenters. The van der Waals surface area contributed by atoms with Crippen molar-refractivity contribution in [3.8, 4) is 5.75 Å². The molecule has 1 saturated carbocycles. The highest BCUT2D eigenvalue weighted by Gasteiger charge is 2.35. The van der Waals surface area contributed by atoms with Gasteiger partial charge in [-0.05, 0) is 70.3 Å². The van der Waals surface area contributed by atoms with Gasteiger partial charge in [0.25, 0.3) is 0 Å². The molecule has 1 atom stereocenters. The van der Waals surface area contributed by atoms with Crippen LogP contribution in [-0.4, -0.2) is 34.7 Å². The smallest absolute Gasteiger partial charge is 0.119 e. The van der Waals surface area contributed by atoms with Crippen LogP contribution in [0.5, 0.6) is 5.75 Å². The van der Waals surface area contributed by atoms with Crippen molar-refractivity contribution in [2.75, 3.05) is 13.1 Å². The molecule has 116 valence electrons. The Kier molecular flexibility index (Phi) is 4.23. The van der Waals surface area contributed by atoms with Gasteiger partial charge in [0.1, 0.15) is 5.75 Å². The molecule has 0 bridgehead atoms. The van der Waals surface area contributed by atoms with Gasteiger partial charge in [-0.2, -0.15) is 0 Å². The number of hydrogen-bond donors (Lipinski definition) is 1. The molecule has 2 fully saturated rings. The van der Waals surface area contributed by atoms with Gasteiger partial charge in [0.2, 0.25) is 0 Å². The quantitative estimate of drug-likeness (QED) is 0.900. The summed E-state index contributed by atoms with van der Waals surface area (Å²) in [5, 5.41) is 10.8. The lowest BCUT2D eigenvalue weighted by Crippen LogP contribution is -2.50. The van der Waals surface area contributed by atoms with Crippen LogP contribution in [-0.2, 0) is 0 Å². The van der Waals surface area contributed by atoms with Crippen molar-refractivity contribution >= 4 is 0 Å². The van der Waals surface area contributed by atoms with E-state index in [9.17, 15) is 5.11 Å². The fourth-order valence-electron chi connectivity index (χ4n) is 3.16. The summed E-state index contributed by atoms with van der Waals surface area (Å²) in [6.07, 6.45) is 6.10. The summed E-state index contributed by atoms with van der Waals surface area (Å²) >= 11 is 0. The zero-order valence-electron chi connectivity index (χ0n) is 13.2. The molecule has 0 aromatic heterocycles. The maximum Gasteiger partial charge on any atom is 0.119 e. The number of piperidine rings is 1. The zero-order chi connectivity index (χ0) is 14.9. The molecule has 0 spiro atoms. The Morgan fingerprint density at radius 2 is 1.71 bits per heavy atom. The third-order valence-electron chi connectivity index (χ3n) is 4.86. The summed E-state index contributed by atoms with van der Waals surface area (Å²) in [6, 6.07) is 7.99. The largest absolute Gasteiger partial charge is 0.490 e. The van der Waals surface area contributed by atoms with E-state index in [2.05, 4.69) is 18.7 Å². The van der Waals surface area contributed by atoms with E-state index in [0.717, 1.165) is 24.4 Å². The van der Waals surface area contributed by atoms with Crippen LogP contribution in [0.25, 0.3) is 0 Å². The molecule has 1 saturated heterocycles. The molecule has 0 amide bonds. The van der Waals surface area contributed by atoms with Crippen LogP contribution < -0.4 is 4.74 Å². The second-order valence-electron chi connectivity index (χ2n) is 6.99. The molecule has 2 aliphatic rings. The minimum Gasteiger partial charge on any atom is -0.490 e. The van der Waals surface area contributed by atoms with E-state index < -0.39 is 6.10 Å². The second kappa shape index (κ2) is 5.98. The van der Waals surface area contributed by atoms with Crippen molar-refractivity contribution in [2.45, 2.75) is 63.7 Å². The van der Waals surface area contributed by atoms with E-state index in [-0.39, 0.29) is 5.54 Å². The normalized spacial score (nSPS) is 22.0. The summed E-state index contributed by atoms with van der Waals surface area (Å²) in [7, 11) is 0. The Balaban J connectivity index is 1.68. The number of rotatable bonds is 5. The van der Waals surface area contributed by atoms with Crippen LogP contribution in [0.15, 0.2) is 24.3 Å². The first kappa shape index (κ1) is 14.9. The van der Waals surface area contributed by atoms with Crippen LogP contribution in [0, 0.1) is 0 Å². The topological polar surface area (TPSA) is 32.7 Å². The van der Waals surface area contributed by atoms with Gasteiger partial charge in [-0.25, -0.2) is 0 Å². The van der Waals surface area contributed by atoms with Crippen LogP contribution in [0.1, 0.15) is 57.6 Å². The molecule has 3 heteroatoms. The maximum absolute atomic E-state index is 10.8. The van der Waals surface area contributed by atoms with Crippen LogP contribution in [0.2, 0.25) is 0 Å². The summed E-state index contributed by atoms with van der Waals surface area (Å²) in [6.45, 7) is 6.48. The van der Waals surface area contributed by atoms with Crippen molar-refractivity contribution in [1.82, 2.24) is 4.90 Å². The Morgan fingerprint density at radius 1 is 1.10 bits per heavy atom. The highest BCUT2D eigenvalue weighted by atomic mass is 16.5. The van der Waals surface area contributed by atoms with Gasteiger partial charge in [0, 0.05) is 5.54 Å². The number of ether oxygens (including phenoxy) is 1. The highest BCUT2D eigenvalue weighted by Crippen LogP contribution is 2.34. The lowest BCUT2D eigenvalue weighted by molar-refractivity contribution is -0.0209. The van der Waals surface area contributed by atoms with E-state index in [0.29, 0.717) is 6.10 Å². The maximum atomic E-state index is 10.8. The molecule has 1 aromatic carbocycles. The number of benzene rings is 1. The Bertz CT molecular complexity index is 459. The summed E-state index contributed by atoms with van der Waals surface area (Å²) in [4.78, 5) is 2.43. The van der Waals surface area contributed by atoms with Gasteiger partial charge in [0.15, 0.2) is 0 Å². The predicted molar refractivity (Wildman–Crippen MR) is 84.6 cm³/mol. The first-order valence-electron chi connectivity index (χ1n) is 8.27. The summed E-state index contributed by atoms with van der Waals surface area (Å²) in [5.74, 6) is 0.921. The van der Waals surface area contributed by atoms with E-state index >= 15 is 0 Å².